The van der Waals surface area contributed by atoms with E-state index in [0.717, 1.165) is 36.9 Å². The largest absolute Gasteiger partial charge is 0.384 e. The van der Waals surface area contributed by atoms with E-state index in [1.54, 1.807) is 7.11 Å². The Balaban J connectivity index is 1.86. The van der Waals surface area contributed by atoms with Crippen molar-refractivity contribution in [2.45, 2.75) is 56.8 Å². The first-order valence-corrected chi connectivity index (χ1v) is 10.7. The predicted molar refractivity (Wildman–Crippen MR) is 112 cm³/mol. The highest BCUT2D eigenvalue weighted by atomic mass is 16.5. The van der Waals surface area contributed by atoms with Gasteiger partial charge in [0.05, 0.1) is 17.9 Å². The van der Waals surface area contributed by atoms with E-state index in [-0.39, 0.29) is 5.41 Å². The van der Waals surface area contributed by atoms with Crippen LogP contribution in [0, 0.1) is 0 Å². The van der Waals surface area contributed by atoms with Crippen molar-refractivity contribution in [3.63, 3.8) is 0 Å². The van der Waals surface area contributed by atoms with Crippen LogP contribution in [0.5, 0.6) is 0 Å². The van der Waals surface area contributed by atoms with Gasteiger partial charge in [-0.05, 0) is 60.4 Å². The van der Waals surface area contributed by atoms with Crippen molar-refractivity contribution in [3.05, 3.63) is 47.3 Å². The minimum Gasteiger partial charge on any atom is -0.384 e. The number of aromatic nitrogens is 5. The molecule has 0 amide bonds. The SMILES string of the molecule is COCC1(c2nc3c(c(-c4ccccc4)c2-c2nn[nH]n2)CCCC3)CCCC1. The molecule has 2 aromatic heterocycles. The zero-order chi connectivity index (χ0) is 19.7. The standard InChI is InChI=1S/C23H27N5O/c1-29-15-23(13-7-8-14-23)21-20(22-25-27-28-26-22)19(16-9-3-2-4-10-16)17-11-5-6-12-18(17)24-21/h2-4,9-10H,5-8,11-15H2,1H3,(H,25,26,27,28). The van der Waals surface area contributed by atoms with E-state index in [1.807, 2.05) is 0 Å². The van der Waals surface area contributed by atoms with Crippen LogP contribution in [0.4, 0.5) is 0 Å². The minimum atomic E-state index is -0.0826. The van der Waals surface area contributed by atoms with Crippen LogP contribution in [0.1, 0.15) is 55.5 Å². The van der Waals surface area contributed by atoms with Crippen LogP contribution in [0.15, 0.2) is 30.3 Å². The second-order valence-corrected chi connectivity index (χ2v) is 8.36. The molecule has 0 bridgehead atoms. The van der Waals surface area contributed by atoms with E-state index >= 15 is 0 Å². The number of rotatable bonds is 5. The Morgan fingerprint density at radius 1 is 1.00 bits per heavy atom. The van der Waals surface area contributed by atoms with Crippen molar-refractivity contribution in [3.8, 4) is 22.5 Å². The molecule has 0 saturated heterocycles. The molecule has 0 spiro atoms. The lowest BCUT2D eigenvalue weighted by molar-refractivity contribution is 0.129. The molecule has 29 heavy (non-hydrogen) atoms. The number of aromatic amines is 1. The zero-order valence-electron chi connectivity index (χ0n) is 16.9. The summed E-state index contributed by atoms with van der Waals surface area (Å²) in [5.74, 6) is 0.641. The average Bonchev–Trinajstić information content (AvgIpc) is 3.46. The maximum absolute atomic E-state index is 5.74. The zero-order valence-corrected chi connectivity index (χ0v) is 16.9. The van der Waals surface area contributed by atoms with Crippen molar-refractivity contribution < 1.29 is 4.74 Å². The molecule has 6 nitrogen and oxygen atoms in total. The quantitative estimate of drug-likeness (QED) is 0.705. The minimum absolute atomic E-state index is 0.0826. The first-order chi connectivity index (χ1) is 14.3. The van der Waals surface area contributed by atoms with Gasteiger partial charge in [-0.3, -0.25) is 4.98 Å². The van der Waals surface area contributed by atoms with Crippen molar-refractivity contribution in [2.75, 3.05) is 13.7 Å². The van der Waals surface area contributed by atoms with E-state index in [2.05, 4.69) is 51.0 Å². The Kier molecular flexibility index (Phi) is 4.87. The van der Waals surface area contributed by atoms with Gasteiger partial charge in [-0.15, -0.1) is 10.2 Å². The Bertz CT molecular complexity index is 978. The number of benzene rings is 1. The molecular formula is C23H27N5O. The van der Waals surface area contributed by atoms with Gasteiger partial charge in [-0.1, -0.05) is 43.2 Å². The Labute approximate surface area is 171 Å². The molecule has 0 aliphatic heterocycles. The van der Waals surface area contributed by atoms with Gasteiger partial charge in [0.1, 0.15) is 0 Å². The summed E-state index contributed by atoms with van der Waals surface area (Å²) in [5.41, 5.74) is 7.13. The maximum Gasteiger partial charge on any atom is 0.207 e. The molecule has 0 radical (unpaired) electrons. The first-order valence-electron chi connectivity index (χ1n) is 10.7. The van der Waals surface area contributed by atoms with E-state index in [4.69, 9.17) is 9.72 Å². The number of tetrazole rings is 1. The third-order valence-electron chi connectivity index (χ3n) is 6.59. The Morgan fingerprint density at radius 3 is 2.52 bits per heavy atom. The van der Waals surface area contributed by atoms with Gasteiger partial charge in [0.2, 0.25) is 5.82 Å². The second kappa shape index (κ2) is 7.67. The van der Waals surface area contributed by atoms with Crippen LogP contribution in [0.3, 0.4) is 0 Å². The molecule has 0 atom stereocenters. The number of H-pyrrole nitrogens is 1. The highest BCUT2D eigenvalue weighted by Gasteiger charge is 2.41. The summed E-state index contributed by atoms with van der Waals surface area (Å²) in [6.45, 7) is 0.678. The third kappa shape index (κ3) is 3.15. The lowest BCUT2D eigenvalue weighted by Gasteiger charge is -2.33. The third-order valence-corrected chi connectivity index (χ3v) is 6.59. The highest BCUT2D eigenvalue weighted by Crippen LogP contribution is 2.48. The molecule has 150 valence electrons. The molecule has 5 rings (SSSR count). The van der Waals surface area contributed by atoms with Crippen LogP contribution < -0.4 is 0 Å². The van der Waals surface area contributed by atoms with Gasteiger partial charge >= 0.3 is 0 Å². The summed E-state index contributed by atoms with van der Waals surface area (Å²) in [7, 11) is 1.80. The summed E-state index contributed by atoms with van der Waals surface area (Å²) in [4.78, 5) is 5.33. The number of hydrogen-bond donors (Lipinski definition) is 1. The average molecular weight is 390 g/mol. The Hall–Kier alpha value is -2.60. The van der Waals surface area contributed by atoms with Gasteiger partial charge in [0.25, 0.3) is 0 Å². The number of methoxy groups -OCH3 is 1. The number of pyridine rings is 1. The normalized spacial score (nSPS) is 18.0. The summed E-state index contributed by atoms with van der Waals surface area (Å²) in [6, 6.07) is 10.6. The first kappa shape index (κ1) is 18.4. The molecule has 3 aromatic rings. The molecular weight excluding hydrogens is 362 g/mol. The predicted octanol–water partition coefficient (Wildman–Crippen LogP) is 4.27. The molecule has 0 unspecified atom stereocenters. The van der Waals surface area contributed by atoms with Gasteiger partial charge in [0, 0.05) is 18.2 Å². The molecule has 1 N–H and O–H groups in total. The van der Waals surface area contributed by atoms with Crippen molar-refractivity contribution in [2.24, 2.45) is 0 Å². The van der Waals surface area contributed by atoms with Gasteiger partial charge in [0.15, 0.2) is 0 Å². The summed E-state index contributed by atoms with van der Waals surface area (Å²) in [6.07, 6.45) is 9.07. The van der Waals surface area contributed by atoms with Crippen LogP contribution >= 0.6 is 0 Å². The molecule has 1 aromatic carbocycles. The summed E-state index contributed by atoms with van der Waals surface area (Å²) >= 11 is 0. The van der Waals surface area contributed by atoms with Gasteiger partial charge < -0.3 is 4.74 Å². The maximum atomic E-state index is 5.74. The lowest BCUT2D eigenvalue weighted by Crippen LogP contribution is -2.31. The fourth-order valence-electron chi connectivity index (χ4n) is 5.31. The number of ether oxygens (including phenoxy) is 1. The molecule has 1 fully saturated rings. The van der Waals surface area contributed by atoms with Crippen LogP contribution in [-0.4, -0.2) is 39.3 Å². The fraction of sp³-hybridized carbons (Fsp3) is 0.478. The Morgan fingerprint density at radius 2 is 1.79 bits per heavy atom. The van der Waals surface area contributed by atoms with Crippen molar-refractivity contribution in [1.82, 2.24) is 25.6 Å². The number of hydrogen-bond acceptors (Lipinski definition) is 5. The topological polar surface area (TPSA) is 76.6 Å². The second-order valence-electron chi connectivity index (χ2n) is 8.36. The number of nitrogens with zero attached hydrogens (tertiary/aromatic N) is 4. The number of nitrogens with one attached hydrogen (secondary N) is 1. The van der Waals surface area contributed by atoms with Crippen molar-refractivity contribution >= 4 is 0 Å². The van der Waals surface area contributed by atoms with Crippen LogP contribution in [0.25, 0.3) is 22.5 Å². The molecule has 2 aliphatic rings. The van der Waals surface area contributed by atoms with E-state index in [0.29, 0.717) is 12.4 Å². The van der Waals surface area contributed by atoms with Crippen LogP contribution in [-0.2, 0) is 23.0 Å². The van der Waals surface area contributed by atoms with Crippen molar-refractivity contribution in [1.29, 1.82) is 0 Å². The lowest BCUT2D eigenvalue weighted by atomic mass is 9.76. The number of aryl methyl sites for hydroxylation is 1. The highest BCUT2D eigenvalue weighted by molar-refractivity contribution is 5.86. The molecule has 1 saturated carbocycles. The summed E-state index contributed by atoms with van der Waals surface area (Å²) < 4.78 is 5.74. The van der Waals surface area contributed by atoms with Gasteiger partial charge in [-0.25, -0.2) is 0 Å². The molecule has 2 aliphatic carbocycles. The number of fused-ring (bicyclic) bond motifs is 1. The fourth-order valence-corrected chi connectivity index (χ4v) is 5.31. The summed E-state index contributed by atoms with van der Waals surface area (Å²) in [5, 5.41) is 15.4. The molecule has 2 heterocycles. The molecule has 6 heteroatoms. The van der Waals surface area contributed by atoms with E-state index in [1.165, 1.54) is 48.1 Å². The van der Waals surface area contributed by atoms with E-state index < -0.39 is 0 Å². The smallest absolute Gasteiger partial charge is 0.207 e. The van der Waals surface area contributed by atoms with E-state index in [9.17, 15) is 0 Å². The van der Waals surface area contributed by atoms with Gasteiger partial charge in [-0.2, -0.15) is 5.21 Å². The van der Waals surface area contributed by atoms with Crippen LogP contribution in [0.2, 0.25) is 0 Å². The monoisotopic (exact) mass is 389 g/mol.